The molecular formula is C17H24N6OS. The van der Waals surface area contributed by atoms with Gasteiger partial charge < -0.3 is 15.1 Å². The molecule has 0 saturated carbocycles. The van der Waals surface area contributed by atoms with Gasteiger partial charge >= 0.3 is 0 Å². The van der Waals surface area contributed by atoms with Crippen LogP contribution in [0.15, 0.2) is 34.9 Å². The highest BCUT2D eigenvalue weighted by molar-refractivity contribution is 7.10. The number of guanidine groups is 1. The Kier molecular flexibility index (Phi) is 5.37. The lowest BCUT2D eigenvalue weighted by atomic mass is 10.1. The third-order valence-electron chi connectivity index (χ3n) is 4.33. The Morgan fingerprint density at radius 2 is 2.32 bits per heavy atom. The van der Waals surface area contributed by atoms with Gasteiger partial charge in [-0.1, -0.05) is 13.0 Å². The number of carbonyl (C=O) groups excluding carboxylic acids is 1. The molecule has 0 aromatic carbocycles. The van der Waals surface area contributed by atoms with Crippen molar-refractivity contribution in [3.05, 3.63) is 34.8 Å². The molecule has 1 unspecified atom stereocenters. The Morgan fingerprint density at radius 3 is 2.92 bits per heavy atom. The number of nitrogens with zero attached hydrogens (tertiary/aromatic N) is 5. The second-order valence-corrected chi connectivity index (χ2v) is 7.16. The van der Waals surface area contributed by atoms with Gasteiger partial charge in [0.2, 0.25) is 5.91 Å². The number of anilines is 1. The van der Waals surface area contributed by atoms with Gasteiger partial charge in [-0.3, -0.25) is 14.5 Å². The van der Waals surface area contributed by atoms with Crippen molar-refractivity contribution < 1.29 is 4.79 Å². The highest BCUT2D eigenvalue weighted by atomic mass is 32.1. The highest BCUT2D eigenvalue weighted by Crippen LogP contribution is 2.20. The fourth-order valence-electron chi connectivity index (χ4n) is 2.92. The lowest BCUT2D eigenvalue weighted by molar-refractivity contribution is -0.120. The van der Waals surface area contributed by atoms with E-state index in [4.69, 9.17) is 0 Å². The van der Waals surface area contributed by atoms with E-state index in [0.29, 0.717) is 19.0 Å². The number of carbonyl (C=O) groups is 1. The number of thiophene rings is 1. The molecule has 25 heavy (non-hydrogen) atoms. The zero-order valence-corrected chi connectivity index (χ0v) is 15.7. The zero-order chi connectivity index (χ0) is 17.8. The molecular weight excluding hydrogens is 336 g/mol. The molecule has 1 fully saturated rings. The zero-order valence-electron chi connectivity index (χ0n) is 14.8. The minimum absolute atomic E-state index is 0.0634. The molecule has 7 nitrogen and oxygen atoms in total. The molecule has 2 aromatic heterocycles. The molecule has 3 heterocycles. The molecule has 0 bridgehead atoms. The van der Waals surface area contributed by atoms with Crippen LogP contribution in [0, 0.1) is 0 Å². The van der Waals surface area contributed by atoms with Crippen LogP contribution in [0.3, 0.4) is 0 Å². The molecule has 3 rings (SSSR count). The summed E-state index contributed by atoms with van der Waals surface area (Å²) in [4.78, 5) is 22.0. The summed E-state index contributed by atoms with van der Waals surface area (Å²) in [7, 11) is 3.61. The van der Waals surface area contributed by atoms with Crippen LogP contribution in [0.4, 0.5) is 5.69 Å². The van der Waals surface area contributed by atoms with Gasteiger partial charge in [-0.05, 0) is 11.4 Å². The van der Waals surface area contributed by atoms with Crippen molar-refractivity contribution in [2.75, 3.05) is 38.1 Å². The molecule has 1 saturated heterocycles. The van der Waals surface area contributed by atoms with E-state index in [1.165, 1.54) is 4.88 Å². The maximum atomic E-state index is 12.5. The number of hydrogen-bond acceptors (Lipinski definition) is 4. The number of aryl methyl sites for hydroxylation is 1. The van der Waals surface area contributed by atoms with Crippen LogP contribution >= 0.6 is 11.3 Å². The third-order valence-corrected chi connectivity index (χ3v) is 5.43. The normalized spacial score (nSPS) is 17.1. The van der Waals surface area contributed by atoms with Crippen molar-refractivity contribution in [1.29, 1.82) is 0 Å². The largest absolute Gasteiger partial charge is 0.356 e. The molecule has 0 aliphatic carbocycles. The molecule has 2 aromatic rings. The van der Waals surface area contributed by atoms with E-state index in [-0.39, 0.29) is 5.91 Å². The SMILES string of the molecule is CN=C(NCC(C)c1cccs1)N1CCN(c2cnn(C)c2)C(=O)C1. The fraction of sp³-hybridized carbons (Fsp3) is 0.471. The van der Waals surface area contributed by atoms with Gasteiger partial charge in [0.05, 0.1) is 11.9 Å². The molecule has 1 amide bonds. The average molecular weight is 360 g/mol. The molecule has 1 N–H and O–H groups in total. The minimum Gasteiger partial charge on any atom is -0.356 e. The maximum Gasteiger partial charge on any atom is 0.246 e. The standard InChI is InChI=1S/C17H24N6OS/c1-13(15-5-4-8-25-15)9-19-17(18-2)22-6-7-23(16(24)12-22)14-10-20-21(3)11-14/h4-5,8,10-11,13H,6-7,9,12H2,1-3H3,(H,18,19). The van der Waals surface area contributed by atoms with Gasteiger partial charge in [0, 0.05) is 50.7 Å². The van der Waals surface area contributed by atoms with Crippen LogP contribution in [0.2, 0.25) is 0 Å². The van der Waals surface area contributed by atoms with Crippen molar-refractivity contribution in [2.24, 2.45) is 12.0 Å². The number of piperazine rings is 1. The van der Waals surface area contributed by atoms with Gasteiger partial charge in [-0.2, -0.15) is 5.10 Å². The van der Waals surface area contributed by atoms with Crippen molar-refractivity contribution >= 4 is 28.9 Å². The molecule has 0 radical (unpaired) electrons. The van der Waals surface area contributed by atoms with Crippen molar-refractivity contribution in [3.8, 4) is 0 Å². The van der Waals surface area contributed by atoms with Gasteiger partial charge in [0.25, 0.3) is 0 Å². The van der Waals surface area contributed by atoms with Gasteiger partial charge in [0.15, 0.2) is 5.96 Å². The Balaban J connectivity index is 1.57. The van der Waals surface area contributed by atoms with E-state index < -0.39 is 0 Å². The number of nitrogens with one attached hydrogen (secondary N) is 1. The van der Waals surface area contributed by atoms with E-state index in [1.54, 1.807) is 34.2 Å². The number of amides is 1. The van der Waals surface area contributed by atoms with E-state index >= 15 is 0 Å². The monoisotopic (exact) mass is 360 g/mol. The topological polar surface area (TPSA) is 65.8 Å². The van der Waals surface area contributed by atoms with Crippen LogP contribution in [-0.2, 0) is 11.8 Å². The smallest absolute Gasteiger partial charge is 0.246 e. The Morgan fingerprint density at radius 1 is 1.48 bits per heavy atom. The molecule has 1 atom stereocenters. The van der Waals surface area contributed by atoms with Crippen molar-refractivity contribution in [2.45, 2.75) is 12.8 Å². The van der Waals surface area contributed by atoms with E-state index in [9.17, 15) is 4.79 Å². The maximum absolute atomic E-state index is 12.5. The summed E-state index contributed by atoms with van der Waals surface area (Å²) in [6.07, 6.45) is 3.59. The molecule has 1 aliphatic rings. The Hall–Kier alpha value is -2.35. The summed E-state index contributed by atoms with van der Waals surface area (Å²) in [6, 6.07) is 4.22. The number of rotatable bonds is 4. The first-order valence-corrected chi connectivity index (χ1v) is 9.24. The van der Waals surface area contributed by atoms with Crippen LogP contribution in [0.1, 0.15) is 17.7 Å². The second kappa shape index (κ2) is 7.69. The summed E-state index contributed by atoms with van der Waals surface area (Å²) in [5, 5.41) is 9.64. The lowest BCUT2D eigenvalue weighted by Crippen LogP contribution is -2.55. The van der Waals surface area contributed by atoms with Crippen molar-refractivity contribution in [3.63, 3.8) is 0 Å². The summed E-state index contributed by atoms with van der Waals surface area (Å²) < 4.78 is 1.71. The predicted molar refractivity (Wildman–Crippen MR) is 101 cm³/mol. The molecule has 134 valence electrons. The van der Waals surface area contributed by atoms with Gasteiger partial charge in [-0.25, -0.2) is 0 Å². The van der Waals surface area contributed by atoms with E-state index in [2.05, 4.69) is 39.8 Å². The minimum atomic E-state index is 0.0634. The number of aromatic nitrogens is 2. The van der Waals surface area contributed by atoms with Crippen LogP contribution in [-0.4, -0.2) is 59.8 Å². The van der Waals surface area contributed by atoms with Gasteiger partial charge in [-0.15, -0.1) is 11.3 Å². The lowest BCUT2D eigenvalue weighted by Gasteiger charge is -2.35. The van der Waals surface area contributed by atoms with Gasteiger partial charge in [0.1, 0.15) is 6.54 Å². The van der Waals surface area contributed by atoms with E-state index in [0.717, 1.165) is 24.7 Å². The summed E-state index contributed by atoms with van der Waals surface area (Å²) in [5.41, 5.74) is 0.849. The van der Waals surface area contributed by atoms with E-state index in [1.807, 2.05) is 18.1 Å². The summed E-state index contributed by atoms with van der Waals surface area (Å²) >= 11 is 1.76. The van der Waals surface area contributed by atoms with Crippen molar-refractivity contribution in [1.82, 2.24) is 20.0 Å². The first-order valence-electron chi connectivity index (χ1n) is 8.36. The summed E-state index contributed by atoms with van der Waals surface area (Å²) in [6.45, 7) is 4.68. The molecule has 8 heteroatoms. The number of aliphatic imine (C=N–C) groups is 1. The fourth-order valence-corrected chi connectivity index (χ4v) is 3.71. The Labute approximate surface area is 152 Å². The summed E-state index contributed by atoms with van der Waals surface area (Å²) in [5.74, 6) is 1.25. The highest BCUT2D eigenvalue weighted by Gasteiger charge is 2.27. The van der Waals surface area contributed by atoms with Crippen LogP contribution in [0.5, 0.6) is 0 Å². The first-order chi connectivity index (χ1) is 12.1. The molecule has 1 aliphatic heterocycles. The average Bonchev–Trinajstić information content (AvgIpc) is 3.27. The number of hydrogen-bond donors (Lipinski definition) is 1. The third kappa shape index (κ3) is 4.01. The Bertz CT molecular complexity index is 738. The molecule has 0 spiro atoms. The second-order valence-electron chi connectivity index (χ2n) is 6.18. The first kappa shape index (κ1) is 17.5. The van der Waals surface area contributed by atoms with Crippen LogP contribution in [0.25, 0.3) is 0 Å². The quantitative estimate of drug-likeness (QED) is 0.663. The van der Waals surface area contributed by atoms with Crippen LogP contribution < -0.4 is 10.2 Å². The predicted octanol–water partition coefficient (Wildman–Crippen LogP) is 1.51.